The van der Waals surface area contributed by atoms with Crippen molar-refractivity contribution in [1.82, 2.24) is 25.0 Å². The molecule has 2 aliphatic rings. The molecular formula is C34H37F3N6O5. The zero-order valence-corrected chi connectivity index (χ0v) is 26.6. The minimum atomic E-state index is -4.83. The van der Waals surface area contributed by atoms with E-state index in [4.69, 9.17) is 10.5 Å². The second-order valence-electron chi connectivity index (χ2n) is 12.6. The number of nitrogens with zero attached hydrogens (tertiary/aromatic N) is 4. The maximum absolute atomic E-state index is 14.2. The zero-order valence-electron chi connectivity index (χ0n) is 26.6. The van der Waals surface area contributed by atoms with Crippen molar-refractivity contribution < 1.29 is 37.1 Å². The van der Waals surface area contributed by atoms with Crippen molar-refractivity contribution in [3.8, 4) is 0 Å². The van der Waals surface area contributed by atoms with Crippen LogP contribution in [0.1, 0.15) is 41.0 Å². The van der Waals surface area contributed by atoms with Gasteiger partial charge in [0, 0.05) is 42.5 Å². The lowest BCUT2D eigenvalue weighted by Crippen LogP contribution is -2.67. The Bertz CT molecular complexity index is 1650. The van der Waals surface area contributed by atoms with Gasteiger partial charge in [0.2, 0.25) is 5.91 Å². The molecule has 5 rings (SSSR count). The molecule has 1 aromatic heterocycles. The zero-order chi connectivity index (χ0) is 34.7. The van der Waals surface area contributed by atoms with Crippen LogP contribution < -0.4 is 11.1 Å². The first-order chi connectivity index (χ1) is 22.7. The summed E-state index contributed by atoms with van der Waals surface area (Å²) in [6.07, 6.45) is -3.59. The highest BCUT2D eigenvalue weighted by Crippen LogP contribution is 2.36. The van der Waals surface area contributed by atoms with Gasteiger partial charge in [-0.3, -0.25) is 24.3 Å². The maximum atomic E-state index is 14.2. The number of piperazine rings is 1. The first kappa shape index (κ1) is 34.5. The van der Waals surface area contributed by atoms with E-state index in [1.165, 1.54) is 11.1 Å². The Morgan fingerprint density at radius 3 is 2.42 bits per heavy atom. The number of fused-ring (bicyclic) bond motifs is 1. The number of carbonyl (C=O) groups is 4. The highest BCUT2D eigenvalue weighted by Gasteiger charge is 2.61. The number of benzene rings is 2. The largest absolute Gasteiger partial charge is 0.406 e. The van der Waals surface area contributed by atoms with Gasteiger partial charge < -0.3 is 25.6 Å². The Kier molecular flexibility index (Phi) is 9.87. The number of rotatable bonds is 11. The van der Waals surface area contributed by atoms with Gasteiger partial charge in [-0.05, 0) is 49.2 Å². The molecule has 2 saturated heterocycles. The number of hydrogen-bond acceptors (Lipinski definition) is 7. The van der Waals surface area contributed by atoms with Gasteiger partial charge in [-0.15, -0.1) is 0 Å². The Hall–Kier alpha value is -4.82. The third kappa shape index (κ3) is 7.66. The fourth-order valence-corrected chi connectivity index (χ4v) is 5.96. The van der Waals surface area contributed by atoms with E-state index < -0.39 is 60.1 Å². The summed E-state index contributed by atoms with van der Waals surface area (Å²) in [6, 6.07) is 18.4. The van der Waals surface area contributed by atoms with E-state index in [9.17, 15) is 32.3 Å². The number of nitrogens with one attached hydrogen (secondary N) is 1. The molecule has 0 aliphatic carbocycles. The molecule has 11 nitrogen and oxygen atoms in total. The molecule has 254 valence electrons. The number of ether oxygens (including phenoxy) is 1. The van der Waals surface area contributed by atoms with Crippen molar-refractivity contribution in [3.63, 3.8) is 0 Å². The van der Waals surface area contributed by atoms with Crippen LogP contribution in [0, 0.1) is 0 Å². The third-order valence-corrected chi connectivity index (χ3v) is 8.38. The summed E-state index contributed by atoms with van der Waals surface area (Å²) in [7, 11) is 0. The Balaban J connectivity index is 1.43. The first-order valence-electron chi connectivity index (χ1n) is 15.4. The minimum Gasteiger partial charge on any atom is -0.374 e. The summed E-state index contributed by atoms with van der Waals surface area (Å²) < 4.78 is 46.3. The first-order valence-corrected chi connectivity index (χ1v) is 15.4. The monoisotopic (exact) mass is 666 g/mol. The highest BCUT2D eigenvalue weighted by atomic mass is 19.4. The number of carbonyl (C=O) groups excluding carboxylic acids is 4. The van der Waals surface area contributed by atoms with Gasteiger partial charge in [0.15, 0.2) is 0 Å². The smallest absolute Gasteiger partial charge is 0.374 e. The molecule has 0 bridgehead atoms. The Morgan fingerprint density at radius 2 is 1.75 bits per heavy atom. The summed E-state index contributed by atoms with van der Waals surface area (Å²) in [6.45, 7) is 0.988. The highest BCUT2D eigenvalue weighted by molar-refractivity contribution is 6.08. The van der Waals surface area contributed by atoms with Crippen molar-refractivity contribution in [2.24, 2.45) is 5.73 Å². The summed E-state index contributed by atoms with van der Waals surface area (Å²) in [5, 5.41) is 2.74. The molecule has 2 aliphatic heterocycles. The number of aromatic nitrogens is 1. The van der Waals surface area contributed by atoms with Gasteiger partial charge in [-0.1, -0.05) is 48.5 Å². The van der Waals surface area contributed by atoms with E-state index >= 15 is 0 Å². The molecule has 0 spiro atoms. The van der Waals surface area contributed by atoms with Crippen molar-refractivity contribution in [2.45, 2.75) is 50.2 Å². The number of pyridine rings is 1. The molecule has 2 fully saturated rings. The molecule has 3 heterocycles. The van der Waals surface area contributed by atoms with Gasteiger partial charge in [-0.25, -0.2) is 4.79 Å². The lowest BCUT2D eigenvalue weighted by molar-refractivity contribution is -0.157. The number of alkyl halides is 3. The predicted molar refractivity (Wildman–Crippen MR) is 168 cm³/mol. The van der Waals surface area contributed by atoms with Crippen LogP contribution in [0.3, 0.4) is 0 Å². The van der Waals surface area contributed by atoms with Crippen LogP contribution in [0.5, 0.6) is 0 Å². The maximum Gasteiger partial charge on any atom is 0.406 e. The standard InChI is InChI=1S/C34H37F3N6O5/c1-32(2,38)25-12-8-11-24(17-25)28(44)40-27(20-48-19-23-9-4-3-5-10-23)29(45)41-15-16-43-31(47)42(22-34(35,36)37)30(46)33(43,21-41)18-26-13-6-7-14-39-26/h3-14,17,27H,15-16,18-22,38H2,1-2H3,(H,40,44). The fourth-order valence-electron chi connectivity index (χ4n) is 5.96. The van der Waals surface area contributed by atoms with Crippen LogP contribution in [0.25, 0.3) is 0 Å². The molecule has 14 heteroatoms. The van der Waals surface area contributed by atoms with Crippen molar-refractivity contribution in [2.75, 3.05) is 32.8 Å². The van der Waals surface area contributed by atoms with E-state index in [2.05, 4.69) is 10.3 Å². The van der Waals surface area contributed by atoms with Crippen molar-refractivity contribution in [3.05, 3.63) is 101 Å². The predicted octanol–water partition coefficient (Wildman–Crippen LogP) is 3.24. The lowest BCUT2D eigenvalue weighted by Gasteiger charge is -2.45. The molecule has 0 radical (unpaired) electrons. The van der Waals surface area contributed by atoms with E-state index in [0.717, 1.165) is 10.5 Å². The molecule has 2 atom stereocenters. The second-order valence-corrected chi connectivity index (χ2v) is 12.6. The normalized spacial score (nSPS) is 18.9. The van der Waals surface area contributed by atoms with E-state index in [0.29, 0.717) is 11.3 Å². The van der Waals surface area contributed by atoms with Gasteiger partial charge in [-0.2, -0.15) is 13.2 Å². The molecule has 2 unspecified atom stereocenters. The summed E-state index contributed by atoms with van der Waals surface area (Å²) >= 11 is 0. The minimum absolute atomic E-state index is 0.0937. The van der Waals surface area contributed by atoms with Gasteiger partial charge >= 0.3 is 12.2 Å². The van der Waals surface area contributed by atoms with Crippen LogP contribution in [-0.2, 0) is 32.9 Å². The summed E-state index contributed by atoms with van der Waals surface area (Å²) in [4.78, 5) is 61.5. The SMILES string of the molecule is CC(C)(N)c1cccc(C(=O)NC(COCc2ccccc2)C(=O)N2CCN3C(=O)N(CC(F)(F)F)C(=O)C3(Cc3ccccn3)C2)c1. The van der Waals surface area contributed by atoms with Gasteiger partial charge in [0.1, 0.15) is 18.1 Å². The number of urea groups is 1. The molecule has 48 heavy (non-hydrogen) atoms. The number of amides is 5. The molecule has 0 saturated carbocycles. The molecular weight excluding hydrogens is 629 g/mol. The number of imide groups is 1. The van der Waals surface area contributed by atoms with E-state index in [-0.39, 0.29) is 43.2 Å². The van der Waals surface area contributed by atoms with E-state index in [1.54, 1.807) is 56.3 Å². The number of nitrogens with two attached hydrogens (primary N) is 1. The topological polar surface area (TPSA) is 138 Å². The van der Waals surface area contributed by atoms with Crippen LogP contribution in [0.4, 0.5) is 18.0 Å². The molecule has 3 aromatic rings. The Morgan fingerprint density at radius 1 is 1.02 bits per heavy atom. The number of halogens is 3. The molecule has 3 N–H and O–H groups in total. The average Bonchev–Trinajstić information content (AvgIpc) is 3.24. The van der Waals surface area contributed by atoms with Gasteiger partial charge in [0.25, 0.3) is 11.8 Å². The Labute approximate surface area is 275 Å². The van der Waals surface area contributed by atoms with Crippen molar-refractivity contribution in [1.29, 1.82) is 0 Å². The summed E-state index contributed by atoms with van der Waals surface area (Å²) in [5.41, 5.74) is 5.78. The second kappa shape index (κ2) is 13.7. The van der Waals surface area contributed by atoms with Gasteiger partial charge in [0.05, 0.1) is 19.8 Å². The van der Waals surface area contributed by atoms with Crippen molar-refractivity contribution >= 4 is 23.8 Å². The third-order valence-electron chi connectivity index (χ3n) is 8.38. The van der Waals surface area contributed by atoms with Crippen LogP contribution in [0.15, 0.2) is 79.0 Å². The summed E-state index contributed by atoms with van der Waals surface area (Å²) in [5.74, 6) is -2.27. The average molecular weight is 667 g/mol. The molecule has 2 aromatic carbocycles. The quantitative estimate of drug-likeness (QED) is 0.300. The van der Waals surface area contributed by atoms with Crippen LogP contribution in [-0.4, -0.2) is 94.0 Å². The number of hydrogen-bond donors (Lipinski definition) is 2. The fraction of sp³-hybridized carbons (Fsp3) is 0.382. The van der Waals surface area contributed by atoms with Crippen LogP contribution >= 0.6 is 0 Å². The van der Waals surface area contributed by atoms with Crippen LogP contribution in [0.2, 0.25) is 0 Å². The lowest BCUT2D eigenvalue weighted by atomic mass is 9.88. The molecule has 5 amide bonds. The van der Waals surface area contributed by atoms with E-state index in [1.807, 2.05) is 30.3 Å².